The van der Waals surface area contributed by atoms with Gasteiger partial charge in [-0.1, -0.05) is 41.9 Å². The maximum atomic E-state index is 12.5. The number of hydrogen-bond donors (Lipinski definition) is 0. The molecule has 2 aliphatic rings. The number of hydrogen-bond acceptors (Lipinski definition) is 3. The zero-order valence-electron chi connectivity index (χ0n) is 14.9. The molecular formula is C21H21ClN2O3. The molecule has 2 aromatic carbocycles. The van der Waals surface area contributed by atoms with E-state index in [1.165, 1.54) is 0 Å². The van der Waals surface area contributed by atoms with Crippen molar-refractivity contribution in [3.05, 3.63) is 64.7 Å². The molecule has 1 fully saturated rings. The molecule has 2 aromatic rings. The SMILES string of the molecule is O=C(OCc1ccccc1)N1CCC(N2C(=O)Cc3cc(Cl)ccc32)CC1. The van der Waals surface area contributed by atoms with E-state index in [1.54, 1.807) is 4.90 Å². The minimum absolute atomic E-state index is 0.109. The van der Waals surface area contributed by atoms with E-state index in [2.05, 4.69) is 0 Å². The van der Waals surface area contributed by atoms with Gasteiger partial charge in [0.2, 0.25) is 5.91 Å². The van der Waals surface area contributed by atoms with Gasteiger partial charge in [0.15, 0.2) is 0 Å². The standard InChI is InChI=1S/C21H21ClN2O3/c22-17-6-7-19-16(12-17)13-20(25)24(19)18-8-10-23(11-9-18)21(26)27-14-15-4-2-1-3-5-15/h1-7,12,18H,8-11,13-14H2. The van der Waals surface area contributed by atoms with Crippen molar-refractivity contribution in [1.29, 1.82) is 0 Å². The number of carbonyl (C=O) groups excluding carboxylic acids is 2. The molecule has 1 saturated heterocycles. The van der Waals surface area contributed by atoms with E-state index >= 15 is 0 Å². The largest absolute Gasteiger partial charge is 0.445 e. The van der Waals surface area contributed by atoms with Crippen LogP contribution in [0, 0.1) is 0 Å². The van der Waals surface area contributed by atoms with Gasteiger partial charge in [-0.25, -0.2) is 4.79 Å². The molecule has 0 aromatic heterocycles. The van der Waals surface area contributed by atoms with Gasteiger partial charge in [0.25, 0.3) is 0 Å². The van der Waals surface area contributed by atoms with Crippen LogP contribution >= 0.6 is 11.6 Å². The Labute approximate surface area is 163 Å². The number of ether oxygens (including phenoxy) is 1. The number of carbonyl (C=O) groups is 2. The van der Waals surface area contributed by atoms with Crippen molar-refractivity contribution < 1.29 is 14.3 Å². The first-order chi connectivity index (χ1) is 13.1. The number of benzene rings is 2. The fraction of sp³-hybridized carbons (Fsp3) is 0.333. The highest BCUT2D eigenvalue weighted by molar-refractivity contribution is 6.30. The summed E-state index contributed by atoms with van der Waals surface area (Å²) < 4.78 is 5.41. The summed E-state index contributed by atoms with van der Waals surface area (Å²) in [6.07, 6.45) is 1.59. The molecule has 0 saturated carbocycles. The van der Waals surface area contributed by atoms with Gasteiger partial charge in [0, 0.05) is 29.8 Å². The second-order valence-corrected chi connectivity index (χ2v) is 7.41. The molecule has 4 rings (SSSR count). The predicted molar refractivity (Wildman–Crippen MR) is 104 cm³/mol. The third-order valence-electron chi connectivity index (χ3n) is 5.20. The third-order valence-corrected chi connectivity index (χ3v) is 5.44. The molecule has 0 radical (unpaired) electrons. The van der Waals surface area contributed by atoms with Crippen LogP contribution in [0.1, 0.15) is 24.0 Å². The van der Waals surface area contributed by atoms with E-state index in [0.29, 0.717) is 24.5 Å². The van der Waals surface area contributed by atoms with Crippen molar-refractivity contribution in [3.8, 4) is 0 Å². The Kier molecular flexibility index (Phi) is 5.03. The van der Waals surface area contributed by atoms with E-state index in [1.807, 2.05) is 53.4 Å². The smallest absolute Gasteiger partial charge is 0.410 e. The first-order valence-electron chi connectivity index (χ1n) is 9.18. The second-order valence-electron chi connectivity index (χ2n) is 6.97. The van der Waals surface area contributed by atoms with Crippen LogP contribution in [0.5, 0.6) is 0 Å². The first kappa shape index (κ1) is 17.9. The van der Waals surface area contributed by atoms with Crippen LogP contribution in [0.25, 0.3) is 0 Å². The molecule has 6 heteroatoms. The maximum absolute atomic E-state index is 12.5. The predicted octanol–water partition coefficient (Wildman–Crippen LogP) is 4.03. The van der Waals surface area contributed by atoms with E-state index in [0.717, 1.165) is 29.7 Å². The maximum Gasteiger partial charge on any atom is 0.410 e. The summed E-state index contributed by atoms with van der Waals surface area (Å²) in [7, 11) is 0. The van der Waals surface area contributed by atoms with E-state index in [4.69, 9.17) is 16.3 Å². The van der Waals surface area contributed by atoms with Crippen molar-refractivity contribution in [3.63, 3.8) is 0 Å². The van der Waals surface area contributed by atoms with Gasteiger partial charge in [-0.3, -0.25) is 4.79 Å². The van der Waals surface area contributed by atoms with Crippen LogP contribution in [-0.2, 0) is 22.6 Å². The summed E-state index contributed by atoms with van der Waals surface area (Å²) in [5.74, 6) is 0.109. The first-order valence-corrected chi connectivity index (χ1v) is 9.56. The molecule has 5 nitrogen and oxygen atoms in total. The van der Waals surface area contributed by atoms with Gasteiger partial charge in [-0.2, -0.15) is 0 Å². The molecule has 2 heterocycles. The fourth-order valence-corrected chi connectivity index (χ4v) is 4.03. The lowest BCUT2D eigenvalue weighted by molar-refractivity contribution is -0.118. The Morgan fingerprint density at radius 1 is 1.11 bits per heavy atom. The Morgan fingerprint density at radius 3 is 2.59 bits per heavy atom. The highest BCUT2D eigenvalue weighted by Crippen LogP contribution is 2.35. The van der Waals surface area contributed by atoms with Crippen LogP contribution in [0.3, 0.4) is 0 Å². The normalized spacial score (nSPS) is 17.1. The van der Waals surface area contributed by atoms with Crippen LogP contribution in [-0.4, -0.2) is 36.0 Å². The highest BCUT2D eigenvalue weighted by atomic mass is 35.5. The van der Waals surface area contributed by atoms with Gasteiger partial charge >= 0.3 is 6.09 Å². The van der Waals surface area contributed by atoms with Crippen molar-refractivity contribution in [1.82, 2.24) is 4.90 Å². The number of nitrogens with zero attached hydrogens (tertiary/aromatic N) is 2. The Morgan fingerprint density at radius 2 is 1.85 bits per heavy atom. The molecule has 0 aliphatic carbocycles. The number of likely N-dealkylation sites (tertiary alicyclic amines) is 1. The van der Waals surface area contributed by atoms with E-state index < -0.39 is 0 Å². The zero-order valence-corrected chi connectivity index (χ0v) is 15.7. The Bertz CT molecular complexity index is 848. The third kappa shape index (κ3) is 3.78. The average Bonchev–Trinajstić information content (AvgIpc) is 3.01. The molecule has 0 spiro atoms. The van der Waals surface area contributed by atoms with Crippen molar-refractivity contribution in [2.24, 2.45) is 0 Å². The molecule has 0 N–H and O–H groups in total. The number of anilines is 1. The monoisotopic (exact) mass is 384 g/mol. The lowest BCUT2D eigenvalue weighted by Gasteiger charge is -2.36. The zero-order chi connectivity index (χ0) is 18.8. The van der Waals surface area contributed by atoms with Crippen LogP contribution in [0.4, 0.5) is 10.5 Å². The van der Waals surface area contributed by atoms with Gasteiger partial charge in [0.05, 0.1) is 6.42 Å². The fourth-order valence-electron chi connectivity index (χ4n) is 3.83. The molecule has 2 aliphatic heterocycles. The van der Waals surface area contributed by atoms with Crippen molar-refractivity contribution in [2.45, 2.75) is 31.9 Å². The lowest BCUT2D eigenvalue weighted by atomic mass is 10.0. The summed E-state index contributed by atoms with van der Waals surface area (Å²) in [6, 6.07) is 15.4. The average molecular weight is 385 g/mol. The van der Waals surface area contributed by atoms with Crippen LogP contribution in [0.2, 0.25) is 5.02 Å². The van der Waals surface area contributed by atoms with Gasteiger partial charge in [-0.15, -0.1) is 0 Å². The second kappa shape index (κ2) is 7.61. The number of piperidine rings is 1. The minimum Gasteiger partial charge on any atom is -0.445 e. The number of fused-ring (bicyclic) bond motifs is 1. The molecule has 0 bridgehead atoms. The number of rotatable bonds is 3. The molecule has 0 atom stereocenters. The van der Waals surface area contributed by atoms with Crippen LogP contribution in [0.15, 0.2) is 48.5 Å². The summed E-state index contributed by atoms with van der Waals surface area (Å²) in [5, 5.41) is 0.652. The lowest BCUT2D eigenvalue weighted by Crippen LogP contribution is -2.48. The summed E-state index contributed by atoms with van der Waals surface area (Å²) in [4.78, 5) is 28.4. The summed E-state index contributed by atoms with van der Waals surface area (Å²) in [6.45, 7) is 1.45. The van der Waals surface area contributed by atoms with Crippen LogP contribution < -0.4 is 4.90 Å². The van der Waals surface area contributed by atoms with Gasteiger partial charge in [-0.05, 0) is 42.2 Å². The Hall–Kier alpha value is -2.53. The summed E-state index contributed by atoms with van der Waals surface area (Å²) in [5.41, 5.74) is 2.91. The summed E-state index contributed by atoms with van der Waals surface area (Å²) >= 11 is 6.04. The Balaban J connectivity index is 1.34. The highest BCUT2D eigenvalue weighted by Gasteiger charge is 2.35. The van der Waals surface area contributed by atoms with E-state index in [-0.39, 0.29) is 24.6 Å². The molecule has 27 heavy (non-hydrogen) atoms. The minimum atomic E-state index is -0.294. The molecule has 2 amide bonds. The quantitative estimate of drug-likeness (QED) is 0.802. The number of halogens is 1. The molecule has 140 valence electrons. The van der Waals surface area contributed by atoms with Gasteiger partial charge in [0.1, 0.15) is 6.61 Å². The topological polar surface area (TPSA) is 49.9 Å². The van der Waals surface area contributed by atoms with E-state index in [9.17, 15) is 9.59 Å². The molecule has 0 unspecified atom stereocenters. The molecular weight excluding hydrogens is 364 g/mol. The van der Waals surface area contributed by atoms with Crippen molar-refractivity contribution >= 4 is 29.3 Å². The number of amides is 2. The van der Waals surface area contributed by atoms with Crippen molar-refractivity contribution in [2.75, 3.05) is 18.0 Å². The van der Waals surface area contributed by atoms with Gasteiger partial charge < -0.3 is 14.5 Å².